The van der Waals surface area contributed by atoms with Crippen LogP contribution < -0.4 is 4.90 Å². The molecule has 0 saturated heterocycles. The molecule has 2 aromatic heterocycles. The largest absolute Gasteiger partial charge is 0.455 e. The van der Waals surface area contributed by atoms with Gasteiger partial charge in [-0.1, -0.05) is 152 Å². The molecule has 0 radical (unpaired) electrons. The van der Waals surface area contributed by atoms with Crippen LogP contribution >= 0.6 is 0 Å². The number of rotatable bonds is 7. The number of benzene rings is 9. The maximum Gasteiger partial charge on any atom is 0.145 e. The van der Waals surface area contributed by atoms with Crippen molar-refractivity contribution in [1.29, 1.82) is 0 Å². The van der Waals surface area contributed by atoms with Crippen LogP contribution in [-0.4, -0.2) is 4.57 Å². The van der Waals surface area contributed by atoms with Gasteiger partial charge in [-0.05, 0) is 94.5 Å². The summed E-state index contributed by atoms with van der Waals surface area (Å²) < 4.78 is 9.28. The van der Waals surface area contributed by atoms with Crippen molar-refractivity contribution in [2.75, 3.05) is 4.90 Å². The van der Waals surface area contributed by atoms with Crippen LogP contribution in [0.15, 0.2) is 223 Å². The molecule has 0 bridgehead atoms. The molecule has 3 heteroatoms. The third-order valence-corrected chi connectivity index (χ3v) is 11.2. The first kappa shape index (κ1) is 32.8. The maximum atomic E-state index is 6.91. The molecule has 0 N–H and O–H groups in total. The highest BCUT2D eigenvalue weighted by Gasteiger charge is 2.23. The van der Waals surface area contributed by atoms with E-state index in [2.05, 4.69) is 228 Å². The number of hydrogen-bond acceptors (Lipinski definition) is 2. The summed E-state index contributed by atoms with van der Waals surface area (Å²) in [5.74, 6) is 0. The topological polar surface area (TPSA) is 21.3 Å². The van der Waals surface area contributed by atoms with Crippen LogP contribution in [-0.2, 0) is 0 Å². The molecule has 57 heavy (non-hydrogen) atoms. The molecule has 0 amide bonds. The van der Waals surface area contributed by atoms with Gasteiger partial charge in [-0.25, -0.2) is 0 Å². The van der Waals surface area contributed by atoms with E-state index in [-0.39, 0.29) is 0 Å². The van der Waals surface area contributed by atoms with Gasteiger partial charge in [-0.3, -0.25) is 0 Å². The Balaban J connectivity index is 1.12. The highest BCUT2D eigenvalue weighted by Crippen LogP contribution is 2.47. The molecule has 0 spiro atoms. The van der Waals surface area contributed by atoms with E-state index in [1.807, 2.05) is 0 Å². The van der Waals surface area contributed by atoms with E-state index in [9.17, 15) is 0 Å². The average Bonchev–Trinajstić information content (AvgIpc) is 3.84. The van der Waals surface area contributed by atoms with Crippen LogP contribution in [0.5, 0.6) is 0 Å². The van der Waals surface area contributed by atoms with E-state index in [1.54, 1.807) is 0 Å². The van der Waals surface area contributed by atoms with E-state index in [0.717, 1.165) is 61.4 Å². The highest BCUT2D eigenvalue weighted by atomic mass is 16.3. The van der Waals surface area contributed by atoms with Gasteiger partial charge in [0.2, 0.25) is 0 Å². The molecule has 9 aromatic carbocycles. The first-order valence-electron chi connectivity index (χ1n) is 19.4. The Labute approximate surface area is 330 Å². The molecule has 0 fully saturated rings. The summed E-state index contributed by atoms with van der Waals surface area (Å²) in [6, 6.07) is 78.0. The zero-order valence-corrected chi connectivity index (χ0v) is 31.1. The lowest BCUT2D eigenvalue weighted by atomic mass is 9.98. The maximum absolute atomic E-state index is 6.91. The van der Waals surface area contributed by atoms with Crippen molar-refractivity contribution >= 4 is 60.8 Å². The first-order valence-corrected chi connectivity index (χ1v) is 19.4. The summed E-state index contributed by atoms with van der Waals surface area (Å²) >= 11 is 0. The molecule has 11 aromatic rings. The average molecular weight is 729 g/mol. The van der Waals surface area contributed by atoms with Crippen LogP contribution in [0.2, 0.25) is 0 Å². The van der Waals surface area contributed by atoms with Crippen molar-refractivity contribution in [3.63, 3.8) is 0 Å². The van der Waals surface area contributed by atoms with Crippen molar-refractivity contribution in [3.8, 4) is 39.1 Å². The number of aromatic nitrogens is 1. The summed E-state index contributed by atoms with van der Waals surface area (Å²) in [6.45, 7) is 0. The minimum absolute atomic E-state index is 0.858. The Morgan fingerprint density at radius 1 is 0.368 bits per heavy atom. The number of anilines is 3. The number of fused-ring (bicyclic) bond motifs is 6. The van der Waals surface area contributed by atoms with Crippen molar-refractivity contribution < 1.29 is 4.42 Å². The van der Waals surface area contributed by atoms with Crippen molar-refractivity contribution in [2.24, 2.45) is 0 Å². The fraction of sp³-hybridized carbons (Fsp3) is 0. The summed E-state index contributed by atoms with van der Waals surface area (Å²) in [5, 5.41) is 4.64. The molecule has 2 heterocycles. The van der Waals surface area contributed by atoms with Gasteiger partial charge in [0.1, 0.15) is 11.2 Å². The van der Waals surface area contributed by atoms with E-state index < -0.39 is 0 Å². The molecule has 0 aliphatic rings. The Hall–Kier alpha value is -7.62. The molecular weight excluding hydrogens is 693 g/mol. The molecule has 0 unspecified atom stereocenters. The SMILES string of the molecule is c1ccc(-c2ccc(N(c3cccc(-c4ccccc4)c3)c3ccc(-c4cccc(-n5c6ccccc6c6ccccc65)c4)c4oc5ccccc5c34)cc2)cc1. The Bertz CT molecular complexity index is 3180. The summed E-state index contributed by atoms with van der Waals surface area (Å²) in [6.07, 6.45) is 0. The second-order valence-corrected chi connectivity index (χ2v) is 14.5. The predicted octanol–water partition coefficient (Wildman–Crippen LogP) is 15.2. The fourth-order valence-corrected chi connectivity index (χ4v) is 8.55. The molecule has 0 aliphatic heterocycles. The van der Waals surface area contributed by atoms with E-state index >= 15 is 0 Å². The second kappa shape index (κ2) is 13.6. The second-order valence-electron chi connectivity index (χ2n) is 14.5. The van der Waals surface area contributed by atoms with Crippen molar-refractivity contribution in [1.82, 2.24) is 4.57 Å². The van der Waals surface area contributed by atoms with E-state index in [1.165, 1.54) is 38.5 Å². The molecule has 0 aliphatic carbocycles. The normalized spacial score (nSPS) is 11.5. The third-order valence-electron chi connectivity index (χ3n) is 11.2. The molecular formula is C54H36N2O. The Kier molecular flexibility index (Phi) is 7.82. The third kappa shape index (κ3) is 5.60. The lowest BCUT2D eigenvalue weighted by Gasteiger charge is -2.27. The quantitative estimate of drug-likeness (QED) is 0.163. The van der Waals surface area contributed by atoms with Gasteiger partial charge < -0.3 is 13.9 Å². The monoisotopic (exact) mass is 728 g/mol. The van der Waals surface area contributed by atoms with Gasteiger partial charge in [-0.15, -0.1) is 0 Å². The highest BCUT2D eigenvalue weighted by molar-refractivity contribution is 6.17. The summed E-state index contributed by atoms with van der Waals surface area (Å²) in [5.41, 5.74) is 15.2. The number of nitrogens with zero attached hydrogens (tertiary/aromatic N) is 2. The minimum atomic E-state index is 0.858. The standard InChI is InChI=1S/C54H36N2O/c1-3-15-37(16-4-1)39-29-31-42(32-30-39)55(43-21-13-19-40(35-43)38-17-5-2-6-18-38)51-34-33-45(54-53(51)48-25-9-12-28-52(48)57-54)41-20-14-22-44(36-41)56-49-26-10-7-23-46(49)47-24-8-11-27-50(47)56/h1-36H. The van der Waals surface area contributed by atoms with Gasteiger partial charge in [0.05, 0.1) is 22.1 Å². The lowest BCUT2D eigenvalue weighted by molar-refractivity contribution is 0.670. The lowest BCUT2D eigenvalue weighted by Crippen LogP contribution is -2.10. The van der Waals surface area contributed by atoms with Crippen LogP contribution in [0.25, 0.3) is 82.8 Å². The zero-order valence-electron chi connectivity index (χ0n) is 31.1. The van der Waals surface area contributed by atoms with Crippen LogP contribution in [0.1, 0.15) is 0 Å². The van der Waals surface area contributed by atoms with Crippen LogP contribution in [0.3, 0.4) is 0 Å². The fourth-order valence-electron chi connectivity index (χ4n) is 8.55. The first-order chi connectivity index (χ1) is 28.3. The van der Waals surface area contributed by atoms with Gasteiger partial charge in [0.15, 0.2) is 0 Å². The predicted molar refractivity (Wildman–Crippen MR) is 239 cm³/mol. The van der Waals surface area contributed by atoms with Crippen LogP contribution in [0, 0.1) is 0 Å². The molecule has 268 valence electrons. The van der Waals surface area contributed by atoms with Gasteiger partial charge in [0, 0.05) is 38.8 Å². The zero-order chi connectivity index (χ0) is 37.7. The van der Waals surface area contributed by atoms with Crippen LogP contribution in [0.4, 0.5) is 17.1 Å². The van der Waals surface area contributed by atoms with Gasteiger partial charge in [0.25, 0.3) is 0 Å². The van der Waals surface area contributed by atoms with Crippen molar-refractivity contribution in [3.05, 3.63) is 218 Å². The summed E-state index contributed by atoms with van der Waals surface area (Å²) in [7, 11) is 0. The van der Waals surface area contributed by atoms with Crippen molar-refractivity contribution in [2.45, 2.75) is 0 Å². The molecule has 11 rings (SSSR count). The number of para-hydroxylation sites is 3. The van der Waals surface area contributed by atoms with E-state index in [0.29, 0.717) is 0 Å². The van der Waals surface area contributed by atoms with E-state index in [4.69, 9.17) is 4.42 Å². The molecule has 3 nitrogen and oxygen atoms in total. The smallest absolute Gasteiger partial charge is 0.145 e. The number of hydrogen-bond donors (Lipinski definition) is 0. The molecule has 0 atom stereocenters. The molecule has 0 saturated carbocycles. The minimum Gasteiger partial charge on any atom is -0.455 e. The Morgan fingerprint density at radius 3 is 1.65 bits per heavy atom. The summed E-state index contributed by atoms with van der Waals surface area (Å²) in [4.78, 5) is 2.38. The Morgan fingerprint density at radius 2 is 0.930 bits per heavy atom. The number of furan rings is 1. The van der Waals surface area contributed by atoms with Gasteiger partial charge in [-0.2, -0.15) is 0 Å². The van der Waals surface area contributed by atoms with Gasteiger partial charge >= 0.3 is 0 Å².